The molecule has 1 aromatic carbocycles. The minimum absolute atomic E-state index is 0.0683. The number of carbonyl (C=O) groups excluding carboxylic acids is 1. The van der Waals surface area contributed by atoms with Gasteiger partial charge in [0.2, 0.25) is 11.9 Å². The summed E-state index contributed by atoms with van der Waals surface area (Å²) in [6, 6.07) is 12.8. The number of nitrogens with zero attached hydrogens (tertiary/aromatic N) is 5. The van der Waals surface area contributed by atoms with E-state index in [9.17, 15) is 4.79 Å². The second-order valence-corrected chi connectivity index (χ2v) is 6.78. The van der Waals surface area contributed by atoms with Gasteiger partial charge in [0, 0.05) is 40.8 Å². The van der Waals surface area contributed by atoms with Crippen molar-refractivity contribution >= 4 is 40.7 Å². The second kappa shape index (κ2) is 7.74. The van der Waals surface area contributed by atoms with Gasteiger partial charge in [0.05, 0.1) is 5.69 Å². The monoisotopic (exact) mass is 392 g/mol. The first-order valence-electron chi connectivity index (χ1n) is 8.77. The summed E-state index contributed by atoms with van der Waals surface area (Å²) in [6.45, 7) is 1.90. The van der Waals surface area contributed by atoms with Crippen molar-refractivity contribution in [3.8, 4) is 11.3 Å². The lowest BCUT2D eigenvalue weighted by molar-refractivity contribution is -0.118. The number of rotatable bonds is 4. The van der Waals surface area contributed by atoms with Gasteiger partial charge in [-0.3, -0.25) is 4.79 Å². The molecule has 8 heteroatoms. The second-order valence-electron chi connectivity index (χ2n) is 6.34. The van der Waals surface area contributed by atoms with Gasteiger partial charge in [-0.15, -0.1) is 0 Å². The quantitative estimate of drug-likeness (QED) is 0.709. The normalized spacial score (nSPS) is 14.0. The molecule has 1 aliphatic rings. The average Bonchev–Trinajstić information content (AvgIpc) is 2.70. The van der Waals surface area contributed by atoms with Crippen LogP contribution in [0.15, 0.2) is 60.0 Å². The molecule has 4 rings (SSSR count). The minimum atomic E-state index is -0.0683. The van der Waals surface area contributed by atoms with Gasteiger partial charge in [-0.05, 0) is 49.7 Å². The maximum absolute atomic E-state index is 12.2. The third kappa shape index (κ3) is 3.99. The van der Waals surface area contributed by atoms with Gasteiger partial charge in [-0.2, -0.15) is 10.1 Å². The number of hydrogen-bond acceptors (Lipinski definition) is 6. The van der Waals surface area contributed by atoms with Gasteiger partial charge >= 0.3 is 0 Å². The fourth-order valence-electron chi connectivity index (χ4n) is 2.82. The number of nitrogens with one attached hydrogen (secondary N) is 1. The largest absolute Gasteiger partial charge is 0.324 e. The van der Waals surface area contributed by atoms with Crippen LogP contribution < -0.4 is 10.3 Å². The van der Waals surface area contributed by atoms with Gasteiger partial charge in [0.15, 0.2) is 5.82 Å². The lowest BCUT2D eigenvalue weighted by Gasteiger charge is -2.21. The van der Waals surface area contributed by atoms with Crippen molar-refractivity contribution in [3.05, 3.63) is 59.9 Å². The summed E-state index contributed by atoms with van der Waals surface area (Å²) in [5.74, 6) is 0.854. The number of hydrogen-bond donors (Lipinski definition) is 1. The van der Waals surface area contributed by atoms with Gasteiger partial charge in [-0.1, -0.05) is 17.7 Å². The first-order valence-corrected chi connectivity index (χ1v) is 9.15. The van der Waals surface area contributed by atoms with E-state index in [0.717, 1.165) is 17.0 Å². The van der Waals surface area contributed by atoms with Crippen molar-refractivity contribution < 1.29 is 4.79 Å². The third-order valence-electron chi connectivity index (χ3n) is 4.20. The Morgan fingerprint density at radius 3 is 2.79 bits per heavy atom. The van der Waals surface area contributed by atoms with Crippen molar-refractivity contribution in [1.82, 2.24) is 15.0 Å². The molecule has 0 atom stereocenters. The predicted octanol–water partition coefficient (Wildman–Crippen LogP) is 4.44. The van der Waals surface area contributed by atoms with Crippen LogP contribution in [0, 0.1) is 0 Å². The lowest BCUT2D eigenvalue weighted by atomic mass is 10.1. The van der Waals surface area contributed by atoms with Crippen LogP contribution in [0.2, 0.25) is 5.02 Å². The molecule has 0 aliphatic carbocycles. The Kier molecular flexibility index (Phi) is 4.99. The SMILES string of the molecule is CC1=NN(c2cc(-c3ccnc(Nc4cccc(Cl)c4)n3)ccn2)C(=O)CC1. The van der Waals surface area contributed by atoms with Crippen molar-refractivity contribution in [1.29, 1.82) is 0 Å². The van der Waals surface area contributed by atoms with Crippen molar-refractivity contribution in [2.24, 2.45) is 5.10 Å². The molecule has 1 amide bonds. The van der Waals surface area contributed by atoms with Crippen LogP contribution in [-0.2, 0) is 4.79 Å². The fourth-order valence-corrected chi connectivity index (χ4v) is 3.01. The zero-order valence-corrected chi connectivity index (χ0v) is 15.9. The van der Waals surface area contributed by atoms with E-state index in [1.807, 2.05) is 25.1 Å². The summed E-state index contributed by atoms with van der Waals surface area (Å²) < 4.78 is 0. The molecule has 7 nitrogen and oxygen atoms in total. The van der Waals surface area contributed by atoms with Gasteiger partial charge in [-0.25, -0.2) is 15.0 Å². The van der Waals surface area contributed by atoms with Crippen LogP contribution in [0.25, 0.3) is 11.3 Å². The first-order chi connectivity index (χ1) is 13.6. The molecule has 0 saturated heterocycles. The molecule has 0 saturated carbocycles. The molecular formula is C20H17ClN6O. The molecule has 3 aromatic rings. The fraction of sp³-hybridized carbons (Fsp3) is 0.150. The Labute approximate surface area is 167 Å². The predicted molar refractivity (Wildman–Crippen MR) is 110 cm³/mol. The van der Waals surface area contributed by atoms with Crippen LogP contribution in [0.3, 0.4) is 0 Å². The highest BCUT2D eigenvalue weighted by Crippen LogP contribution is 2.25. The molecular weight excluding hydrogens is 376 g/mol. The number of pyridine rings is 1. The number of benzene rings is 1. The Balaban J connectivity index is 1.63. The number of hydrazone groups is 1. The van der Waals surface area contributed by atoms with Crippen molar-refractivity contribution in [2.45, 2.75) is 19.8 Å². The van der Waals surface area contributed by atoms with E-state index in [1.54, 1.807) is 36.7 Å². The number of anilines is 3. The highest BCUT2D eigenvalue weighted by molar-refractivity contribution is 6.30. The standard InChI is InChI=1S/C20H17ClN6O/c1-13-5-6-19(28)27(26-13)18-11-14(7-9-22-18)17-8-10-23-20(25-17)24-16-4-2-3-15(21)12-16/h2-4,7-12H,5-6H2,1H3,(H,23,24,25). The summed E-state index contributed by atoms with van der Waals surface area (Å²) >= 11 is 6.02. The maximum atomic E-state index is 12.2. The van der Waals surface area contributed by atoms with E-state index in [1.165, 1.54) is 5.01 Å². The van der Waals surface area contributed by atoms with Gasteiger partial charge in [0.1, 0.15) is 0 Å². The molecule has 0 radical (unpaired) electrons. The zero-order chi connectivity index (χ0) is 19.5. The van der Waals surface area contributed by atoms with Crippen molar-refractivity contribution in [2.75, 3.05) is 10.3 Å². The number of amides is 1. The van der Waals surface area contributed by atoms with E-state index in [4.69, 9.17) is 11.6 Å². The Hall–Kier alpha value is -3.32. The van der Waals surface area contributed by atoms with Crippen LogP contribution in [0.4, 0.5) is 17.5 Å². The molecule has 0 bridgehead atoms. The van der Waals surface area contributed by atoms with Crippen molar-refractivity contribution in [3.63, 3.8) is 0 Å². The Bertz CT molecular complexity index is 1070. The van der Waals surface area contributed by atoms with Gasteiger partial charge in [0.25, 0.3) is 0 Å². The van der Waals surface area contributed by atoms with E-state index in [2.05, 4.69) is 25.4 Å². The van der Waals surface area contributed by atoms with Crippen LogP contribution in [0.1, 0.15) is 19.8 Å². The number of carbonyl (C=O) groups is 1. The molecule has 1 N–H and O–H groups in total. The first kappa shape index (κ1) is 18.1. The molecule has 0 fully saturated rings. The molecule has 0 spiro atoms. The summed E-state index contributed by atoms with van der Waals surface area (Å²) in [5.41, 5.74) is 3.21. The highest BCUT2D eigenvalue weighted by atomic mass is 35.5. The highest BCUT2D eigenvalue weighted by Gasteiger charge is 2.21. The van der Waals surface area contributed by atoms with Gasteiger partial charge < -0.3 is 5.32 Å². The molecule has 2 aromatic heterocycles. The molecule has 140 valence electrons. The molecule has 3 heterocycles. The number of aromatic nitrogens is 3. The molecule has 1 aliphatic heterocycles. The topological polar surface area (TPSA) is 83.4 Å². The van der Waals surface area contributed by atoms with Crippen LogP contribution in [-0.4, -0.2) is 26.6 Å². The zero-order valence-electron chi connectivity index (χ0n) is 15.1. The number of halogens is 1. The Morgan fingerprint density at radius 2 is 1.93 bits per heavy atom. The van der Waals surface area contributed by atoms with Crippen LogP contribution in [0.5, 0.6) is 0 Å². The molecule has 0 unspecified atom stereocenters. The third-order valence-corrected chi connectivity index (χ3v) is 4.44. The Morgan fingerprint density at radius 1 is 1.07 bits per heavy atom. The summed E-state index contributed by atoms with van der Waals surface area (Å²) in [5, 5.41) is 9.45. The van der Waals surface area contributed by atoms with E-state index < -0.39 is 0 Å². The molecule has 28 heavy (non-hydrogen) atoms. The summed E-state index contributed by atoms with van der Waals surface area (Å²) in [7, 11) is 0. The summed E-state index contributed by atoms with van der Waals surface area (Å²) in [4.78, 5) is 25.3. The van der Waals surface area contributed by atoms with E-state index in [0.29, 0.717) is 35.3 Å². The lowest BCUT2D eigenvalue weighted by Crippen LogP contribution is -2.31. The van der Waals surface area contributed by atoms with E-state index >= 15 is 0 Å². The smallest absolute Gasteiger partial charge is 0.249 e. The van der Waals surface area contributed by atoms with E-state index in [-0.39, 0.29) is 5.91 Å². The van der Waals surface area contributed by atoms with Crippen LogP contribution >= 0.6 is 11.6 Å². The average molecular weight is 393 g/mol. The summed E-state index contributed by atoms with van der Waals surface area (Å²) in [6.07, 6.45) is 4.43. The maximum Gasteiger partial charge on any atom is 0.249 e. The minimum Gasteiger partial charge on any atom is -0.324 e.